The molecule has 0 unspecified atom stereocenters. The van der Waals surface area contributed by atoms with Crippen molar-refractivity contribution in [2.75, 3.05) is 17.7 Å². The van der Waals surface area contributed by atoms with Crippen LogP contribution < -0.4 is 10.1 Å². The predicted molar refractivity (Wildman–Crippen MR) is 112 cm³/mol. The zero-order valence-electron chi connectivity index (χ0n) is 15.2. The first kappa shape index (κ1) is 20.1. The van der Waals surface area contributed by atoms with Crippen molar-refractivity contribution in [3.05, 3.63) is 52.6 Å². The Bertz CT molecular complexity index is 973. The van der Waals surface area contributed by atoms with Crippen LogP contribution in [0, 0.1) is 10.1 Å². The van der Waals surface area contributed by atoms with Crippen molar-refractivity contribution >= 4 is 50.6 Å². The molecule has 0 saturated carbocycles. The molecule has 1 aromatic heterocycles. The van der Waals surface area contributed by atoms with Crippen LogP contribution in [0.5, 0.6) is 5.75 Å². The lowest BCUT2D eigenvalue weighted by Crippen LogP contribution is -2.13. The van der Waals surface area contributed by atoms with E-state index in [-0.39, 0.29) is 17.3 Å². The molecule has 28 heavy (non-hydrogen) atoms. The van der Waals surface area contributed by atoms with Gasteiger partial charge >= 0.3 is 0 Å². The molecular formula is C19H19N3O4S2. The van der Waals surface area contributed by atoms with Gasteiger partial charge in [-0.15, -0.1) is 11.3 Å². The van der Waals surface area contributed by atoms with Crippen LogP contribution in [0.3, 0.4) is 0 Å². The van der Waals surface area contributed by atoms with Crippen molar-refractivity contribution in [1.82, 2.24) is 4.98 Å². The molecule has 1 amide bonds. The maximum Gasteiger partial charge on any atom is 0.270 e. The molecule has 2 aromatic carbocycles. The standard InChI is InChI=1S/C19H19N3O4S2/c1-2-3-10-26-15-7-4-13(5-8-15)20-18(23)12-27-19-21-16-9-6-14(22(24)25)11-17(16)28-19/h4-9,11H,2-3,10,12H2,1H3,(H,20,23). The molecule has 146 valence electrons. The second-order valence-corrected chi connectivity index (χ2v) is 8.21. The number of hydrogen-bond donors (Lipinski definition) is 1. The van der Waals surface area contributed by atoms with Gasteiger partial charge in [-0.2, -0.15) is 0 Å². The van der Waals surface area contributed by atoms with E-state index >= 15 is 0 Å². The first-order valence-electron chi connectivity index (χ1n) is 8.75. The molecule has 0 saturated heterocycles. The second-order valence-electron chi connectivity index (χ2n) is 5.95. The number of unbranched alkanes of at least 4 members (excludes halogenated alkanes) is 1. The number of fused-ring (bicyclic) bond motifs is 1. The molecule has 7 nitrogen and oxygen atoms in total. The third-order valence-electron chi connectivity index (χ3n) is 3.79. The number of benzene rings is 2. The summed E-state index contributed by atoms with van der Waals surface area (Å²) in [6.45, 7) is 2.79. The molecule has 0 atom stereocenters. The number of carbonyl (C=O) groups is 1. The highest BCUT2D eigenvalue weighted by molar-refractivity contribution is 8.01. The molecule has 1 N–H and O–H groups in total. The van der Waals surface area contributed by atoms with E-state index in [9.17, 15) is 14.9 Å². The third kappa shape index (κ3) is 5.43. The van der Waals surface area contributed by atoms with Crippen molar-refractivity contribution in [2.45, 2.75) is 24.1 Å². The van der Waals surface area contributed by atoms with Crippen molar-refractivity contribution in [3.63, 3.8) is 0 Å². The van der Waals surface area contributed by atoms with Gasteiger partial charge in [0.05, 0.1) is 27.5 Å². The summed E-state index contributed by atoms with van der Waals surface area (Å²) in [6, 6.07) is 11.8. The Morgan fingerprint density at radius 1 is 1.29 bits per heavy atom. The molecule has 1 heterocycles. The molecule has 3 rings (SSSR count). The lowest BCUT2D eigenvalue weighted by Gasteiger charge is -2.07. The van der Waals surface area contributed by atoms with E-state index in [1.165, 1.54) is 35.2 Å². The van der Waals surface area contributed by atoms with E-state index in [1.807, 2.05) is 12.1 Å². The smallest absolute Gasteiger partial charge is 0.270 e. The van der Waals surface area contributed by atoms with Gasteiger partial charge in [0.25, 0.3) is 5.69 Å². The summed E-state index contributed by atoms with van der Waals surface area (Å²) in [4.78, 5) is 27.0. The first-order valence-corrected chi connectivity index (χ1v) is 10.6. The Morgan fingerprint density at radius 3 is 2.79 bits per heavy atom. The fourth-order valence-electron chi connectivity index (χ4n) is 2.36. The molecule has 9 heteroatoms. The van der Waals surface area contributed by atoms with Crippen LogP contribution in [0.2, 0.25) is 0 Å². The monoisotopic (exact) mass is 417 g/mol. The number of nitro groups is 1. The number of nitro benzene ring substituents is 1. The Hall–Kier alpha value is -2.65. The molecule has 3 aromatic rings. The van der Waals surface area contributed by atoms with Gasteiger partial charge in [-0.3, -0.25) is 14.9 Å². The molecule has 0 aliphatic heterocycles. The third-order valence-corrected chi connectivity index (χ3v) is 5.96. The fraction of sp³-hybridized carbons (Fsp3) is 0.263. The van der Waals surface area contributed by atoms with Crippen molar-refractivity contribution < 1.29 is 14.5 Å². The average molecular weight is 418 g/mol. The van der Waals surface area contributed by atoms with Crippen LogP contribution in [-0.4, -0.2) is 28.2 Å². The number of thioether (sulfide) groups is 1. The highest BCUT2D eigenvalue weighted by Crippen LogP contribution is 2.31. The zero-order valence-corrected chi connectivity index (χ0v) is 16.8. The summed E-state index contributed by atoms with van der Waals surface area (Å²) in [5.41, 5.74) is 1.43. The molecule has 0 spiro atoms. The van der Waals surface area contributed by atoms with E-state index in [0.717, 1.165) is 23.3 Å². The van der Waals surface area contributed by atoms with Crippen LogP contribution in [0.1, 0.15) is 19.8 Å². The topological polar surface area (TPSA) is 94.4 Å². The van der Waals surface area contributed by atoms with Gasteiger partial charge in [0.15, 0.2) is 4.34 Å². The molecule has 0 fully saturated rings. The van der Waals surface area contributed by atoms with Crippen LogP contribution in [0.25, 0.3) is 10.2 Å². The largest absolute Gasteiger partial charge is 0.494 e. The summed E-state index contributed by atoms with van der Waals surface area (Å²) in [5, 5.41) is 13.7. The van der Waals surface area contributed by atoms with Crippen molar-refractivity contribution in [3.8, 4) is 5.75 Å². The highest BCUT2D eigenvalue weighted by atomic mass is 32.2. The Kier molecular flexibility index (Phi) is 6.83. The lowest BCUT2D eigenvalue weighted by atomic mass is 10.3. The van der Waals surface area contributed by atoms with Crippen molar-refractivity contribution in [1.29, 1.82) is 0 Å². The summed E-state index contributed by atoms with van der Waals surface area (Å²) >= 11 is 2.64. The number of ether oxygens (including phenoxy) is 1. The molecule has 0 aliphatic carbocycles. The van der Waals surface area contributed by atoms with E-state index in [4.69, 9.17) is 4.74 Å². The molecule has 0 bridgehead atoms. The van der Waals surface area contributed by atoms with E-state index < -0.39 is 4.92 Å². The average Bonchev–Trinajstić information content (AvgIpc) is 3.10. The number of amides is 1. The number of carbonyl (C=O) groups excluding carboxylic acids is 1. The number of thiazole rings is 1. The number of anilines is 1. The zero-order chi connectivity index (χ0) is 19.9. The molecule has 0 aliphatic rings. The highest BCUT2D eigenvalue weighted by Gasteiger charge is 2.12. The number of rotatable bonds is 9. The summed E-state index contributed by atoms with van der Waals surface area (Å²) < 4.78 is 7.03. The first-order chi connectivity index (χ1) is 13.5. The number of nitrogens with zero attached hydrogens (tertiary/aromatic N) is 2. The summed E-state index contributed by atoms with van der Waals surface area (Å²) in [7, 11) is 0. The summed E-state index contributed by atoms with van der Waals surface area (Å²) in [6.07, 6.45) is 2.09. The van der Waals surface area contributed by atoms with Crippen LogP contribution >= 0.6 is 23.1 Å². The SMILES string of the molecule is CCCCOc1ccc(NC(=O)CSc2nc3ccc([N+](=O)[O-])cc3s2)cc1. The van der Waals surface area contributed by atoms with Crippen LogP contribution in [0.15, 0.2) is 46.8 Å². The minimum Gasteiger partial charge on any atom is -0.494 e. The van der Waals surface area contributed by atoms with Gasteiger partial charge in [0.1, 0.15) is 5.75 Å². The van der Waals surface area contributed by atoms with Gasteiger partial charge in [-0.05, 0) is 36.8 Å². The Morgan fingerprint density at radius 2 is 2.07 bits per heavy atom. The maximum absolute atomic E-state index is 12.2. The minimum absolute atomic E-state index is 0.0348. The quantitative estimate of drug-likeness (QED) is 0.225. The maximum atomic E-state index is 12.2. The van der Waals surface area contributed by atoms with Gasteiger partial charge in [0.2, 0.25) is 5.91 Å². The number of non-ortho nitro benzene ring substituents is 1. The number of nitrogens with one attached hydrogen (secondary N) is 1. The van der Waals surface area contributed by atoms with E-state index in [2.05, 4.69) is 17.2 Å². The van der Waals surface area contributed by atoms with Crippen molar-refractivity contribution in [2.24, 2.45) is 0 Å². The van der Waals surface area contributed by atoms with Gasteiger partial charge in [-0.1, -0.05) is 25.1 Å². The van der Waals surface area contributed by atoms with Gasteiger partial charge in [0, 0.05) is 17.8 Å². The lowest BCUT2D eigenvalue weighted by molar-refractivity contribution is -0.384. The van der Waals surface area contributed by atoms with E-state index in [1.54, 1.807) is 18.2 Å². The minimum atomic E-state index is -0.431. The summed E-state index contributed by atoms with van der Waals surface area (Å²) in [5.74, 6) is 0.843. The Labute approximate surface area is 170 Å². The fourth-order valence-corrected chi connectivity index (χ4v) is 4.26. The molecule has 0 radical (unpaired) electrons. The number of aromatic nitrogens is 1. The normalized spacial score (nSPS) is 10.8. The Balaban J connectivity index is 1.52. The second kappa shape index (κ2) is 9.52. The van der Waals surface area contributed by atoms with E-state index in [0.29, 0.717) is 22.2 Å². The van der Waals surface area contributed by atoms with Crippen LogP contribution in [0.4, 0.5) is 11.4 Å². The number of hydrogen-bond acceptors (Lipinski definition) is 7. The molecular weight excluding hydrogens is 398 g/mol. The van der Waals surface area contributed by atoms with Gasteiger partial charge < -0.3 is 10.1 Å². The van der Waals surface area contributed by atoms with Crippen LogP contribution in [-0.2, 0) is 4.79 Å². The van der Waals surface area contributed by atoms with Gasteiger partial charge in [-0.25, -0.2) is 4.98 Å². The predicted octanol–water partition coefficient (Wildman–Crippen LogP) is 5.11.